The number of alkyl halides is 3. The van der Waals surface area contributed by atoms with E-state index in [2.05, 4.69) is 5.32 Å². The smallest absolute Gasteiger partial charge is 0.398 e. The first-order valence-corrected chi connectivity index (χ1v) is 7.85. The predicted octanol–water partition coefficient (Wildman–Crippen LogP) is 1.45. The molecule has 0 radical (unpaired) electrons. The Morgan fingerprint density at radius 1 is 1.33 bits per heavy atom. The van der Waals surface area contributed by atoms with E-state index in [1.165, 1.54) is 6.92 Å². The summed E-state index contributed by atoms with van der Waals surface area (Å²) in [4.78, 5) is 11.8. The topological polar surface area (TPSA) is 89.3 Å². The Balaban J connectivity index is 2.85. The van der Waals surface area contributed by atoms with Crippen LogP contribution in [0.4, 0.5) is 18.9 Å². The molecule has 0 saturated carbocycles. The number of nitrogen functional groups attached to an aromatic ring is 1. The molecule has 0 aliphatic heterocycles. The van der Waals surface area contributed by atoms with Gasteiger partial charge in [-0.05, 0) is 12.1 Å². The van der Waals surface area contributed by atoms with Gasteiger partial charge >= 0.3 is 6.18 Å². The quantitative estimate of drug-likeness (QED) is 0.802. The summed E-state index contributed by atoms with van der Waals surface area (Å²) < 4.78 is 60.5. The number of amides is 1. The molecule has 1 aromatic carbocycles. The van der Waals surface area contributed by atoms with Crippen LogP contribution in [0.25, 0.3) is 0 Å². The minimum atomic E-state index is -4.66. The van der Waals surface area contributed by atoms with E-state index < -0.39 is 33.2 Å². The maximum Gasteiger partial charge on any atom is 0.418 e. The lowest BCUT2D eigenvalue weighted by atomic mass is 10.1. The van der Waals surface area contributed by atoms with Crippen LogP contribution in [0.15, 0.2) is 18.2 Å². The minimum Gasteiger partial charge on any atom is -0.398 e. The van der Waals surface area contributed by atoms with Gasteiger partial charge in [0, 0.05) is 12.3 Å². The molecule has 118 valence electrons. The highest BCUT2D eigenvalue weighted by Crippen LogP contribution is 2.34. The summed E-state index contributed by atoms with van der Waals surface area (Å²) in [6.07, 6.45) is -4.66. The molecule has 3 N–H and O–H groups in total. The van der Waals surface area contributed by atoms with Gasteiger partial charge in [0.05, 0.1) is 22.6 Å². The Kier molecular flexibility index (Phi) is 5.21. The minimum absolute atomic E-state index is 0.0748. The molecule has 1 amide bonds. The summed E-state index contributed by atoms with van der Waals surface area (Å²) in [6, 6.07) is 2.98. The van der Waals surface area contributed by atoms with Gasteiger partial charge in [-0.1, -0.05) is 13.0 Å². The lowest BCUT2D eigenvalue weighted by Crippen LogP contribution is -2.30. The van der Waals surface area contributed by atoms with E-state index >= 15 is 0 Å². The van der Waals surface area contributed by atoms with Gasteiger partial charge in [0.1, 0.15) is 0 Å². The van der Waals surface area contributed by atoms with Crippen molar-refractivity contribution in [2.24, 2.45) is 0 Å². The van der Waals surface area contributed by atoms with Crippen LogP contribution in [0.5, 0.6) is 0 Å². The maximum absolute atomic E-state index is 12.7. The number of hydrogen-bond donors (Lipinski definition) is 2. The average molecular weight is 324 g/mol. The SMILES string of the molecule is CCS(=O)(=O)CCNC(=O)c1cccc(C(F)(F)F)c1N. The van der Waals surface area contributed by atoms with Gasteiger partial charge in [0.2, 0.25) is 0 Å². The summed E-state index contributed by atoms with van der Waals surface area (Å²) in [5, 5.41) is 2.24. The number of anilines is 1. The van der Waals surface area contributed by atoms with Gasteiger partial charge in [-0.15, -0.1) is 0 Å². The highest BCUT2D eigenvalue weighted by Gasteiger charge is 2.34. The van der Waals surface area contributed by atoms with Crippen molar-refractivity contribution in [3.63, 3.8) is 0 Å². The van der Waals surface area contributed by atoms with Crippen molar-refractivity contribution in [1.29, 1.82) is 0 Å². The molecule has 0 aromatic heterocycles. The Morgan fingerprint density at radius 3 is 2.48 bits per heavy atom. The lowest BCUT2D eigenvalue weighted by molar-refractivity contribution is -0.136. The largest absolute Gasteiger partial charge is 0.418 e. The summed E-state index contributed by atoms with van der Waals surface area (Å²) >= 11 is 0. The molecule has 1 rings (SSSR count). The second-order valence-electron chi connectivity index (χ2n) is 4.26. The molecule has 0 spiro atoms. The zero-order chi connectivity index (χ0) is 16.3. The molecule has 0 aliphatic carbocycles. The number of nitrogens with one attached hydrogen (secondary N) is 1. The first-order valence-electron chi connectivity index (χ1n) is 6.03. The first kappa shape index (κ1) is 17.3. The molecule has 5 nitrogen and oxygen atoms in total. The Bertz CT molecular complexity index is 627. The number of benzene rings is 1. The fourth-order valence-corrected chi connectivity index (χ4v) is 2.27. The molecule has 21 heavy (non-hydrogen) atoms. The van der Waals surface area contributed by atoms with Crippen molar-refractivity contribution in [3.05, 3.63) is 29.3 Å². The van der Waals surface area contributed by atoms with Crippen molar-refractivity contribution < 1.29 is 26.4 Å². The van der Waals surface area contributed by atoms with E-state index in [4.69, 9.17) is 5.73 Å². The predicted molar refractivity (Wildman–Crippen MR) is 72.5 cm³/mol. The Morgan fingerprint density at radius 2 is 1.95 bits per heavy atom. The summed E-state index contributed by atoms with van der Waals surface area (Å²) in [5.74, 6) is -1.20. The molecule has 0 atom stereocenters. The third kappa shape index (κ3) is 4.62. The summed E-state index contributed by atoms with van der Waals surface area (Å²) in [6.45, 7) is 1.27. The molecule has 0 unspecified atom stereocenters. The van der Waals surface area contributed by atoms with Crippen LogP contribution in [0, 0.1) is 0 Å². The number of sulfone groups is 1. The molecule has 9 heteroatoms. The second-order valence-corrected chi connectivity index (χ2v) is 6.73. The number of carbonyl (C=O) groups excluding carboxylic acids is 1. The molecule has 0 fully saturated rings. The summed E-state index contributed by atoms with van der Waals surface area (Å²) in [5.41, 5.74) is 3.24. The van der Waals surface area contributed by atoms with E-state index in [9.17, 15) is 26.4 Å². The van der Waals surface area contributed by atoms with Crippen molar-refractivity contribution in [2.45, 2.75) is 13.1 Å². The number of carbonyl (C=O) groups is 1. The number of para-hydroxylation sites is 1. The monoisotopic (exact) mass is 324 g/mol. The molecular weight excluding hydrogens is 309 g/mol. The highest BCUT2D eigenvalue weighted by atomic mass is 32.2. The van der Waals surface area contributed by atoms with E-state index in [0.29, 0.717) is 0 Å². The van der Waals surface area contributed by atoms with E-state index in [1.54, 1.807) is 0 Å². The second kappa shape index (κ2) is 6.33. The van der Waals surface area contributed by atoms with Gasteiger partial charge in [-0.25, -0.2) is 8.42 Å². The van der Waals surface area contributed by atoms with E-state index in [-0.39, 0.29) is 23.6 Å². The number of hydrogen-bond acceptors (Lipinski definition) is 4. The lowest BCUT2D eigenvalue weighted by Gasteiger charge is -2.13. The average Bonchev–Trinajstić information content (AvgIpc) is 2.37. The summed E-state index contributed by atoms with van der Waals surface area (Å²) in [7, 11) is -3.26. The van der Waals surface area contributed by atoms with Crippen LogP contribution < -0.4 is 11.1 Å². The van der Waals surface area contributed by atoms with Gasteiger partial charge in [0.15, 0.2) is 9.84 Å². The normalized spacial score (nSPS) is 12.2. The van der Waals surface area contributed by atoms with Crippen LogP contribution in [-0.2, 0) is 16.0 Å². The molecule has 0 saturated heterocycles. The zero-order valence-corrected chi connectivity index (χ0v) is 12.0. The van der Waals surface area contributed by atoms with Crippen LogP contribution in [0.2, 0.25) is 0 Å². The van der Waals surface area contributed by atoms with Crippen LogP contribution in [0.1, 0.15) is 22.8 Å². The first-order chi connectivity index (χ1) is 9.58. The molecule has 0 aliphatic rings. The van der Waals surface area contributed by atoms with Crippen LogP contribution in [0.3, 0.4) is 0 Å². The Hall–Kier alpha value is -1.77. The van der Waals surface area contributed by atoms with Crippen LogP contribution >= 0.6 is 0 Å². The van der Waals surface area contributed by atoms with Gasteiger partial charge < -0.3 is 11.1 Å². The fraction of sp³-hybridized carbons (Fsp3) is 0.417. The van der Waals surface area contributed by atoms with E-state index in [0.717, 1.165) is 18.2 Å². The zero-order valence-electron chi connectivity index (χ0n) is 11.2. The van der Waals surface area contributed by atoms with E-state index in [1.807, 2.05) is 0 Å². The molecular formula is C12H15F3N2O3S. The van der Waals surface area contributed by atoms with Crippen molar-refractivity contribution in [1.82, 2.24) is 5.32 Å². The third-order valence-electron chi connectivity index (χ3n) is 2.79. The van der Waals surface area contributed by atoms with Gasteiger partial charge in [0.25, 0.3) is 5.91 Å². The third-order valence-corrected chi connectivity index (χ3v) is 4.50. The van der Waals surface area contributed by atoms with Crippen molar-refractivity contribution in [3.8, 4) is 0 Å². The van der Waals surface area contributed by atoms with Gasteiger partial charge in [-0.2, -0.15) is 13.2 Å². The standard InChI is InChI=1S/C12H15F3N2O3S/c1-2-21(19,20)7-6-17-11(18)8-4-3-5-9(10(8)16)12(13,14)15/h3-5H,2,6-7,16H2,1H3,(H,17,18). The van der Waals surface area contributed by atoms with Gasteiger partial charge in [-0.3, -0.25) is 4.79 Å². The maximum atomic E-state index is 12.7. The van der Waals surface area contributed by atoms with Crippen LogP contribution in [-0.4, -0.2) is 32.4 Å². The number of halogens is 3. The van der Waals surface area contributed by atoms with Crippen molar-refractivity contribution >= 4 is 21.4 Å². The highest BCUT2D eigenvalue weighted by molar-refractivity contribution is 7.91. The van der Waals surface area contributed by atoms with Crippen molar-refractivity contribution in [2.75, 3.05) is 23.8 Å². The number of rotatable bonds is 5. The molecule has 0 bridgehead atoms. The Labute approximate surface area is 120 Å². The fourth-order valence-electron chi connectivity index (χ4n) is 1.57. The molecule has 1 aromatic rings. The molecule has 0 heterocycles. The number of nitrogens with two attached hydrogens (primary N) is 1.